The first kappa shape index (κ1) is 16.0. The van der Waals surface area contributed by atoms with Gasteiger partial charge in [-0.05, 0) is 24.8 Å². The fourth-order valence-corrected chi connectivity index (χ4v) is 3.20. The molecule has 0 saturated heterocycles. The second kappa shape index (κ2) is 5.95. The predicted molar refractivity (Wildman–Crippen MR) is 97.8 cm³/mol. The normalized spacial score (nSPS) is 12.4. The van der Waals surface area contributed by atoms with Crippen LogP contribution in [0.5, 0.6) is 0 Å². The Hall–Kier alpha value is -1.90. The molecule has 3 heteroatoms. The highest BCUT2D eigenvalue weighted by Gasteiger charge is 2.20. The molecule has 3 aromatic rings. The van der Waals surface area contributed by atoms with E-state index in [1.54, 1.807) is 0 Å². The molecule has 0 amide bonds. The quantitative estimate of drug-likeness (QED) is 0.656. The molecule has 0 aliphatic heterocycles. The number of hydrogen-bond acceptors (Lipinski definition) is 2. The Kier molecular flexibility index (Phi) is 4.13. The molecule has 3 rings (SSSR count). The van der Waals surface area contributed by atoms with Crippen molar-refractivity contribution in [1.82, 2.24) is 14.5 Å². The first-order valence-electron chi connectivity index (χ1n) is 8.65. The van der Waals surface area contributed by atoms with E-state index in [1.807, 2.05) is 0 Å². The summed E-state index contributed by atoms with van der Waals surface area (Å²) < 4.78 is 2.45. The van der Waals surface area contributed by atoms with E-state index in [2.05, 4.69) is 63.5 Å². The lowest BCUT2D eigenvalue weighted by atomic mass is 9.96. The van der Waals surface area contributed by atoms with Gasteiger partial charge in [0.2, 0.25) is 0 Å². The van der Waals surface area contributed by atoms with E-state index in [4.69, 9.17) is 9.97 Å². The molecule has 2 aromatic heterocycles. The highest BCUT2D eigenvalue weighted by molar-refractivity contribution is 6.03. The Morgan fingerprint density at radius 1 is 1.09 bits per heavy atom. The third-order valence-corrected chi connectivity index (χ3v) is 4.22. The van der Waals surface area contributed by atoms with Crippen LogP contribution in [0.25, 0.3) is 21.9 Å². The number of hydrogen-bond donors (Lipinski definition) is 0. The lowest BCUT2D eigenvalue weighted by molar-refractivity contribution is 0.342. The van der Waals surface area contributed by atoms with E-state index < -0.39 is 0 Å². The fourth-order valence-electron chi connectivity index (χ4n) is 3.20. The molecule has 0 radical (unpaired) electrons. The van der Waals surface area contributed by atoms with Crippen molar-refractivity contribution in [2.75, 3.05) is 0 Å². The van der Waals surface area contributed by atoms with Crippen LogP contribution < -0.4 is 0 Å². The minimum absolute atomic E-state index is 0.215. The summed E-state index contributed by atoms with van der Waals surface area (Å²) in [5, 5.41) is 1.22. The summed E-state index contributed by atoms with van der Waals surface area (Å²) >= 11 is 0. The molecule has 0 fully saturated rings. The van der Waals surface area contributed by atoms with Gasteiger partial charge in [0, 0.05) is 18.4 Å². The molecule has 0 aliphatic carbocycles. The summed E-state index contributed by atoms with van der Waals surface area (Å²) in [5.41, 5.74) is 4.64. The number of para-hydroxylation sites is 1. The zero-order valence-electron chi connectivity index (χ0n) is 15.0. The minimum Gasteiger partial charge on any atom is -0.327 e. The molecular formula is C20H27N3. The molecule has 3 nitrogen and oxygen atoms in total. The number of benzene rings is 1. The van der Waals surface area contributed by atoms with Crippen LogP contribution in [0.1, 0.15) is 52.1 Å². The van der Waals surface area contributed by atoms with Crippen molar-refractivity contribution in [3.8, 4) is 0 Å². The van der Waals surface area contributed by atoms with E-state index in [0.717, 1.165) is 29.7 Å². The molecule has 0 N–H and O–H groups in total. The number of rotatable bonds is 4. The summed E-state index contributed by atoms with van der Waals surface area (Å²) in [7, 11) is 0. The molecule has 0 aliphatic rings. The highest BCUT2D eigenvalue weighted by Crippen LogP contribution is 2.30. The average molecular weight is 309 g/mol. The molecule has 2 heterocycles. The van der Waals surface area contributed by atoms with Crippen LogP contribution in [0.15, 0.2) is 24.3 Å². The average Bonchev–Trinajstić information content (AvgIpc) is 2.83. The number of aromatic nitrogens is 3. The Morgan fingerprint density at radius 3 is 2.52 bits per heavy atom. The van der Waals surface area contributed by atoms with E-state index in [9.17, 15) is 0 Å². The largest absolute Gasteiger partial charge is 0.327 e. The molecule has 122 valence electrons. The Labute approximate surface area is 138 Å². The lowest BCUT2D eigenvalue weighted by Crippen LogP contribution is -2.17. The van der Waals surface area contributed by atoms with Gasteiger partial charge in [-0.1, -0.05) is 52.3 Å². The fraction of sp³-hybridized carbons (Fsp3) is 0.500. The van der Waals surface area contributed by atoms with Crippen molar-refractivity contribution < 1.29 is 0 Å². The number of imidazole rings is 1. The van der Waals surface area contributed by atoms with Crippen LogP contribution in [0.4, 0.5) is 0 Å². The van der Waals surface area contributed by atoms with Crippen molar-refractivity contribution in [2.45, 2.75) is 60.4 Å². The maximum atomic E-state index is 4.98. The summed E-state index contributed by atoms with van der Waals surface area (Å²) in [6, 6.07) is 8.43. The van der Waals surface area contributed by atoms with Gasteiger partial charge < -0.3 is 4.57 Å². The van der Waals surface area contributed by atoms with Crippen LogP contribution in [0.2, 0.25) is 0 Å². The van der Waals surface area contributed by atoms with Gasteiger partial charge in [-0.25, -0.2) is 4.98 Å². The Bertz CT molecular complexity index is 837. The van der Waals surface area contributed by atoms with Gasteiger partial charge in [0.15, 0.2) is 0 Å². The number of nitrogens with zero attached hydrogens (tertiary/aromatic N) is 3. The molecule has 0 bridgehead atoms. The Morgan fingerprint density at radius 2 is 1.83 bits per heavy atom. The number of unbranched alkanes of at least 4 members (excludes halogenated alkanes) is 1. The molecule has 0 spiro atoms. The highest BCUT2D eigenvalue weighted by atomic mass is 15.1. The van der Waals surface area contributed by atoms with Crippen LogP contribution in [-0.2, 0) is 13.0 Å². The molecule has 0 unspecified atom stereocenters. The smallest absolute Gasteiger partial charge is 0.111 e. The van der Waals surface area contributed by atoms with Gasteiger partial charge in [-0.2, -0.15) is 0 Å². The first-order valence-corrected chi connectivity index (χ1v) is 8.65. The van der Waals surface area contributed by atoms with E-state index in [-0.39, 0.29) is 5.41 Å². The van der Waals surface area contributed by atoms with Crippen LogP contribution in [0, 0.1) is 12.3 Å². The van der Waals surface area contributed by atoms with Gasteiger partial charge >= 0.3 is 0 Å². The number of aryl methyl sites for hydroxylation is 2. The molecule has 1 aromatic carbocycles. The predicted octanol–water partition coefficient (Wildman–Crippen LogP) is 5.28. The zero-order valence-corrected chi connectivity index (χ0v) is 15.0. The third-order valence-electron chi connectivity index (χ3n) is 4.22. The lowest BCUT2D eigenvalue weighted by Gasteiger charge is -2.21. The first-order chi connectivity index (χ1) is 10.9. The van der Waals surface area contributed by atoms with Crippen molar-refractivity contribution >= 4 is 21.9 Å². The van der Waals surface area contributed by atoms with Gasteiger partial charge in [-0.3, -0.25) is 4.98 Å². The summed E-state index contributed by atoms with van der Waals surface area (Å²) in [4.78, 5) is 9.74. The van der Waals surface area contributed by atoms with Gasteiger partial charge in [0.1, 0.15) is 11.3 Å². The maximum absolute atomic E-state index is 4.98. The second-order valence-electron chi connectivity index (χ2n) is 7.69. The topological polar surface area (TPSA) is 30.7 Å². The van der Waals surface area contributed by atoms with E-state index in [1.165, 1.54) is 29.6 Å². The summed E-state index contributed by atoms with van der Waals surface area (Å²) in [5.74, 6) is 1.21. The van der Waals surface area contributed by atoms with Crippen LogP contribution in [0.3, 0.4) is 0 Å². The van der Waals surface area contributed by atoms with Gasteiger partial charge in [-0.15, -0.1) is 0 Å². The van der Waals surface area contributed by atoms with Crippen molar-refractivity contribution in [3.05, 3.63) is 35.8 Å². The monoisotopic (exact) mass is 309 g/mol. The zero-order chi connectivity index (χ0) is 16.6. The second-order valence-corrected chi connectivity index (χ2v) is 7.69. The summed E-state index contributed by atoms with van der Waals surface area (Å²) in [6.45, 7) is 12.2. The molecular weight excluding hydrogens is 282 g/mol. The standard InChI is InChI=1S/C20H27N3/c1-6-7-12-17-22-18-14(2)21-16-11-9-8-10-15(16)19(18)23(17)13-20(3,4)5/h8-11H,6-7,12-13H2,1-5H3. The van der Waals surface area contributed by atoms with Gasteiger partial charge in [0.25, 0.3) is 0 Å². The number of pyridine rings is 1. The van der Waals surface area contributed by atoms with Crippen molar-refractivity contribution in [3.63, 3.8) is 0 Å². The van der Waals surface area contributed by atoms with Crippen LogP contribution >= 0.6 is 0 Å². The summed E-state index contributed by atoms with van der Waals surface area (Å²) in [6.07, 6.45) is 3.41. The van der Waals surface area contributed by atoms with E-state index >= 15 is 0 Å². The van der Waals surface area contributed by atoms with E-state index in [0.29, 0.717) is 0 Å². The molecule has 0 saturated carbocycles. The Balaban J connectivity index is 2.32. The molecule has 23 heavy (non-hydrogen) atoms. The third kappa shape index (κ3) is 3.10. The molecule has 0 atom stereocenters. The van der Waals surface area contributed by atoms with Crippen LogP contribution in [-0.4, -0.2) is 14.5 Å². The maximum Gasteiger partial charge on any atom is 0.111 e. The van der Waals surface area contributed by atoms with Gasteiger partial charge in [0.05, 0.1) is 16.7 Å². The SMILES string of the molecule is CCCCc1nc2c(C)nc3ccccc3c2n1CC(C)(C)C. The number of fused-ring (bicyclic) bond motifs is 3. The van der Waals surface area contributed by atoms with Crippen molar-refractivity contribution in [2.24, 2.45) is 5.41 Å². The minimum atomic E-state index is 0.215. The van der Waals surface area contributed by atoms with Crippen molar-refractivity contribution in [1.29, 1.82) is 0 Å².